The zero-order chi connectivity index (χ0) is 23.2. The normalized spacial score (nSPS) is 22.6. The lowest BCUT2D eigenvalue weighted by atomic mass is 9.92. The lowest BCUT2D eigenvalue weighted by Crippen LogP contribution is -2.48. The average molecular weight is 467 g/mol. The Hall–Kier alpha value is -3.38. The van der Waals surface area contributed by atoms with Crippen LogP contribution in [0.5, 0.6) is 11.8 Å². The second-order valence-corrected chi connectivity index (χ2v) is 8.35. The first-order valence-electron chi connectivity index (χ1n) is 10.5. The van der Waals surface area contributed by atoms with Crippen molar-refractivity contribution in [1.29, 1.82) is 0 Å². The van der Waals surface area contributed by atoms with Crippen molar-refractivity contribution in [2.75, 3.05) is 23.3 Å². The predicted molar refractivity (Wildman–Crippen MR) is 107 cm³/mol. The Morgan fingerprint density at radius 3 is 2.58 bits per heavy atom. The van der Waals surface area contributed by atoms with Gasteiger partial charge in [0.25, 0.3) is 0 Å². The van der Waals surface area contributed by atoms with E-state index < -0.39 is 18.5 Å². The van der Waals surface area contributed by atoms with E-state index in [4.69, 9.17) is 9.26 Å². The quantitative estimate of drug-likeness (QED) is 0.548. The maximum Gasteiger partial charge on any atom is 0.408 e. The number of hydrogen-bond acceptors (Lipinski definition) is 8. The van der Waals surface area contributed by atoms with Crippen molar-refractivity contribution in [3.05, 3.63) is 35.9 Å². The molecule has 3 atom stereocenters. The number of rotatable bonds is 6. The summed E-state index contributed by atoms with van der Waals surface area (Å²) in [6, 6.07) is 5.18. The number of hydrogen-bond donors (Lipinski definition) is 1. The highest BCUT2D eigenvalue weighted by Crippen LogP contribution is 2.40. The molecule has 2 aromatic heterocycles. The third-order valence-corrected chi connectivity index (χ3v) is 5.89. The van der Waals surface area contributed by atoms with Gasteiger partial charge >= 0.3 is 18.2 Å². The van der Waals surface area contributed by atoms with Crippen molar-refractivity contribution >= 4 is 12.0 Å². The van der Waals surface area contributed by atoms with E-state index in [1.54, 1.807) is 6.92 Å². The van der Waals surface area contributed by atoms with Gasteiger partial charge in [-0.05, 0) is 43.7 Å². The summed E-state index contributed by atoms with van der Waals surface area (Å²) in [7, 11) is 0. The van der Waals surface area contributed by atoms with Crippen LogP contribution < -0.4 is 15.0 Å². The average Bonchev–Trinajstić information content (AvgIpc) is 3.37. The first-order chi connectivity index (χ1) is 15.7. The second-order valence-electron chi connectivity index (χ2n) is 8.35. The molecule has 1 aliphatic carbocycles. The SMILES string of the molecule is Cc1noc(N2C[C@H]3CC[C@@H](C2)C3Nc2nc(Oc3cccc(F)c3)n(CC(F)(F)F)n2)n1. The van der Waals surface area contributed by atoms with Crippen LogP contribution in [0.25, 0.3) is 0 Å². The molecule has 1 unspecified atom stereocenters. The van der Waals surface area contributed by atoms with Gasteiger partial charge in [-0.15, -0.1) is 5.10 Å². The number of halogens is 4. The molecule has 0 amide bonds. The van der Waals surface area contributed by atoms with Gasteiger partial charge < -0.3 is 19.5 Å². The van der Waals surface area contributed by atoms with Gasteiger partial charge in [-0.3, -0.25) is 0 Å². The van der Waals surface area contributed by atoms with Crippen LogP contribution in [0.3, 0.4) is 0 Å². The number of fused-ring (bicyclic) bond motifs is 2. The minimum Gasteiger partial charge on any atom is -0.424 e. The van der Waals surface area contributed by atoms with Gasteiger partial charge in [-0.1, -0.05) is 11.2 Å². The first kappa shape index (κ1) is 21.5. The molecule has 3 heterocycles. The monoisotopic (exact) mass is 467 g/mol. The Labute approximate surface area is 185 Å². The molecule has 0 radical (unpaired) electrons. The summed E-state index contributed by atoms with van der Waals surface area (Å²) < 4.78 is 64.1. The number of nitrogens with one attached hydrogen (secondary N) is 1. The summed E-state index contributed by atoms with van der Waals surface area (Å²) in [5, 5.41) is 11.0. The minimum absolute atomic E-state index is 0.0194. The summed E-state index contributed by atoms with van der Waals surface area (Å²) in [4.78, 5) is 10.5. The van der Waals surface area contributed by atoms with Crippen molar-refractivity contribution in [1.82, 2.24) is 24.9 Å². The van der Waals surface area contributed by atoms with Gasteiger partial charge in [-0.25, -0.2) is 9.07 Å². The van der Waals surface area contributed by atoms with E-state index in [1.165, 1.54) is 18.2 Å². The van der Waals surface area contributed by atoms with E-state index in [0.29, 0.717) is 29.6 Å². The van der Waals surface area contributed by atoms with Crippen LogP contribution in [0.2, 0.25) is 0 Å². The maximum absolute atomic E-state index is 13.5. The predicted octanol–water partition coefficient (Wildman–Crippen LogP) is 3.79. The number of piperidine rings is 1. The number of aromatic nitrogens is 5. The van der Waals surface area contributed by atoms with Crippen LogP contribution in [0.4, 0.5) is 29.5 Å². The van der Waals surface area contributed by atoms with Crippen LogP contribution in [0.15, 0.2) is 28.8 Å². The topological polar surface area (TPSA) is 94.1 Å². The van der Waals surface area contributed by atoms with Gasteiger partial charge in [0, 0.05) is 25.2 Å². The highest BCUT2D eigenvalue weighted by molar-refractivity contribution is 5.35. The van der Waals surface area contributed by atoms with E-state index in [2.05, 4.69) is 25.5 Å². The Morgan fingerprint density at radius 2 is 1.94 bits per heavy atom. The zero-order valence-corrected chi connectivity index (χ0v) is 17.6. The second kappa shape index (κ2) is 8.19. The smallest absolute Gasteiger partial charge is 0.408 e. The van der Waals surface area contributed by atoms with Crippen LogP contribution >= 0.6 is 0 Å². The molecule has 1 aliphatic heterocycles. The standard InChI is InChI=1S/C20H21F4N7O2/c1-11-25-18(33-29-11)30-8-12-5-6-13(9-30)16(12)26-17-27-19(31(28-17)10-20(22,23)24)32-15-4-2-3-14(21)7-15/h2-4,7,12-13,16H,5-6,8-10H2,1H3,(H,26,28)/t12-,13+,16?. The van der Waals surface area contributed by atoms with E-state index >= 15 is 0 Å². The lowest BCUT2D eigenvalue weighted by molar-refractivity contribution is -0.143. The maximum atomic E-state index is 13.5. The number of benzene rings is 1. The Morgan fingerprint density at radius 1 is 1.18 bits per heavy atom. The molecule has 33 heavy (non-hydrogen) atoms. The van der Waals surface area contributed by atoms with Crippen molar-refractivity contribution in [2.45, 2.75) is 38.5 Å². The van der Waals surface area contributed by atoms with E-state index in [1.807, 2.05) is 4.90 Å². The van der Waals surface area contributed by atoms with Crippen molar-refractivity contribution < 1.29 is 26.8 Å². The van der Waals surface area contributed by atoms with Crippen LogP contribution in [-0.2, 0) is 6.54 Å². The molecule has 5 rings (SSSR count). The number of alkyl halides is 3. The van der Waals surface area contributed by atoms with Gasteiger partial charge in [0.2, 0.25) is 5.95 Å². The molecule has 0 spiro atoms. The summed E-state index contributed by atoms with van der Waals surface area (Å²) >= 11 is 0. The van der Waals surface area contributed by atoms with Gasteiger partial charge in [0.15, 0.2) is 5.82 Å². The molecule has 2 bridgehead atoms. The summed E-state index contributed by atoms with van der Waals surface area (Å²) in [6.07, 6.45) is -2.64. The summed E-state index contributed by atoms with van der Waals surface area (Å²) in [5.74, 6) is 0.460. The van der Waals surface area contributed by atoms with Crippen molar-refractivity contribution in [3.8, 4) is 11.8 Å². The van der Waals surface area contributed by atoms with E-state index in [9.17, 15) is 17.6 Å². The third-order valence-electron chi connectivity index (χ3n) is 5.89. The molecular weight excluding hydrogens is 446 g/mol. The highest BCUT2D eigenvalue weighted by atomic mass is 19.4. The lowest BCUT2D eigenvalue weighted by Gasteiger charge is -2.37. The highest BCUT2D eigenvalue weighted by Gasteiger charge is 2.44. The Balaban J connectivity index is 1.34. The van der Waals surface area contributed by atoms with Crippen molar-refractivity contribution in [2.24, 2.45) is 11.8 Å². The molecule has 13 heteroatoms. The van der Waals surface area contributed by atoms with Crippen molar-refractivity contribution in [3.63, 3.8) is 0 Å². The van der Waals surface area contributed by atoms with Gasteiger partial charge in [-0.2, -0.15) is 23.1 Å². The molecule has 1 saturated carbocycles. The van der Waals surface area contributed by atoms with Crippen LogP contribution in [-0.4, -0.2) is 50.2 Å². The molecule has 2 aliphatic rings. The summed E-state index contributed by atoms with van der Waals surface area (Å²) in [5.41, 5.74) is 0. The zero-order valence-electron chi connectivity index (χ0n) is 17.6. The number of nitrogens with zero attached hydrogens (tertiary/aromatic N) is 6. The Kier molecular flexibility index (Phi) is 5.33. The number of anilines is 2. The molecule has 1 N–H and O–H groups in total. The fourth-order valence-corrected chi connectivity index (χ4v) is 4.55. The largest absolute Gasteiger partial charge is 0.424 e. The third kappa shape index (κ3) is 4.71. The molecule has 1 aromatic carbocycles. The fraction of sp³-hybridized carbons (Fsp3) is 0.500. The molecule has 1 saturated heterocycles. The van der Waals surface area contributed by atoms with E-state index in [0.717, 1.165) is 18.9 Å². The molecule has 9 nitrogen and oxygen atoms in total. The summed E-state index contributed by atoms with van der Waals surface area (Å²) in [6.45, 7) is 1.72. The number of ether oxygens (including phenoxy) is 1. The first-order valence-corrected chi connectivity index (χ1v) is 10.5. The number of aryl methyl sites for hydroxylation is 1. The fourth-order valence-electron chi connectivity index (χ4n) is 4.55. The van der Waals surface area contributed by atoms with Gasteiger partial charge in [0.05, 0.1) is 0 Å². The van der Waals surface area contributed by atoms with E-state index in [-0.39, 0.29) is 35.6 Å². The minimum atomic E-state index is -4.53. The molecule has 3 aromatic rings. The Bertz CT molecular complexity index is 1120. The van der Waals surface area contributed by atoms with Crippen LogP contribution in [0.1, 0.15) is 18.7 Å². The van der Waals surface area contributed by atoms with Gasteiger partial charge in [0.1, 0.15) is 18.1 Å². The molecular formula is C20H21F4N7O2. The molecule has 176 valence electrons. The molecule has 2 fully saturated rings. The van der Waals surface area contributed by atoms with Crippen LogP contribution in [0, 0.1) is 24.6 Å².